The van der Waals surface area contributed by atoms with E-state index in [4.69, 9.17) is 0 Å². The van der Waals surface area contributed by atoms with Crippen LogP contribution in [0.25, 0.3) is 0 Å². The average Bonchev–Trinajstić information content (AvgIpc) is 2.85. The molecule has 0 bridgehead atoms. The summed E-state index contributed by atoms with van der Waals surface area (Å²) in [5.41, 5.74) is 0. The van der Waals surface area contributed by atoms with Crippen molar-refractivity contribution in [3.63, 3.8) is 0 Å². The molecule has 4 unspecified atom stereocenters. The summed E-state index contributed by atoms with van der Waals surface area (Å²) >= 11 is 0. The number of hydrogen-bond donors (Lipinski definition) is 1. The number of esters is 1. The second kappa shape index (κ2) is 5.92. The minimum atomic E-state index is -4.04. The number of hydrogen-bond acceptors (Lipinski definition) is 5. The number of rotatable bonds is 4. The lowest BCUT2D eigenvalue weighted by Gasteiger charge is -2.33. The summed E-state index contributed by atoms with van der Waals surface area (Å²) in [6.45, 7) is 1.25. The molecule has 1 aliphatic carbocycles. The Morgan fingerprint density at radius 1 is 1.29 bits per heavy atom. The van der Waals surface area contributed by atoms with Crippen LogP contribution in [0.1, 0.15) is 39.0 Å². The fourth-order valence-corrected chi connectivity index (χ4v) is 5.36. The summed E-state index contributed by atoms with van der Waals surface area (Å²) in [5.74, 6) is -1.94. The van der Waals surface area contributed by atoms with E-state index in [0.717, 1.165) is 30.7 Å². The number of ether oxygens (including phenoxy) is 1. The van der Waals surface area contributed by atoms with E-state index in [1.54, 1.807) is 0 Å². The molecule has 2 fully saturated rings. The predicted octanol–water partition coefficient (Wildman–Crippen LogP) is 0.595. The molecule has 8 heteroatoms. The van der Waals surface area contributed by atoms with Gasteiger partial charge in [0.25, 0.3) is 0 Å². The summed E-state index contributed by atoms with van der Waals surface area (Å²) in [5, 5.41) is 7.97. The third-order valence-corrected chi connectivity index (χ3v) is 6.79. The van der Waals surface area contributed by atoms with Crippen molar-refractivity contribution in [2.45, 2.75) is 56.4 Å². The van der Waals surface area contributed by atoms with Gasteiger partial charge in [-0.05, 0) is 32.1 Å². The predicted molar refractivity (Wildman–Crippen MR) is 74.0 cm³/mol. The van der Waals surface area contributed by atoms with Crippen molar-refractivity contribution in [3.8, 4) is 0 Å². The molecule has 1 heterocycles. The number of aliphatic carboxylic acids is 1. The van der Waals surface area contributed by atoms with E-state index in [-0.39, 0.29) is 12.0 Å². The van der Waals surface area contributed by atoms with Crippen molar-refractivity contribution in [1.29, 1.82) is 0 Å². The minimum Gasteiger partial charge on any atom is -0.480 e. The zero-order valence-corrected chi connectivity index (χ0v) is 13.0. The number of carbonyl (C=O) groups excluding carboxylic acids is 1. The first kappa shape index (κ1) is 16.2. The molecule has 120 valence electrons. The van der Waals surface area contributed by atoms with E-state index < -0.39 is 33.3 Å². The highest BCUT2D eigenvalue weighted by atomic mass is 32.2. The van der Waals surface area contributed by atoms with Gasteiger partial charge in [0.2, 0.25) is 10.0 Å². The maximum Gasteiger partial charge on any atom is 0.325 e. The summed E-state index contributed by atoms with van der Waals surface area (Å²) in [6.07, 6.45) is 3.70. The van der Waals surface area contributed by atoms with E-state index in [2.05, 4.69) is 4.74 Å². The van der Waals surface area contributed by atoms with Crippen LogP contribution in [0.15, 0.2) is 0 Å². The number of carboxylic acids is 1. The van der Waals surface area contributed by atoms with Gasteiger partial charge in [-0.15, -0.1) is 0 Å². The summed E-state index contributed by atoms with van der Waals surface area (Å²) in [4.78, 5) is 23.0. The fraction of sp³-hybridized carbons (Fsp3) is 0.846. The number of carbonyl (C=O) groups is 2. The molecular weight excluding hydrogens is 298 g/mol. The normalized spacial score (nSPS) is 31.4. The Labute approximate surface area is 124 Å². The highest BCUT2D eigenvalue weighted by molar-refractivity contribution is 7.90. The Bertz CT molecular complexity index is 531. The molecule has 0 aromatic rings. The molecule has 1 aliphatic heterocycles. The van der Waals surface area contributed by atoms with Crippen molar-refractivity contribution < 1.29 is 27.9 Å². The fourth-order valence-electron chi connectivity index (χ4n) is 3.47. The zero-order valence-electron chi connectivity index (χ0n) is 12.2. The SMILES string of the molecule is COC(=O)C(C)S(=O)(=O)N1C(C(=O)O)CC2CCCCC21. The number of methoxy groups -OCH3 is 1. The van der Waals surface area contributed by atoms with Gasteiger partial charge in [0.1, 0.15) is 6.04 Å². The van der Waals surface area contributed by atoms with Crippen LogP contribution in [0, 0.1) is 5.92 Å². The Balaban J connectivity index is 2.37. The van der Waals surface area contributed by atoms with Crippen molar-refractivity contribution in [2.75, 3.05) is 7.11 Å². The van der Waals surface area contributed by atoms with Crippen LogP contribution in [-0.2, 0) is 24.3 Å². The van der Waals surface area contributed by atoms with Crippen molar-refractivity contribution in [1.82, 2.24) is 4.31 Å². The Hall–Kier alpha value is -1.15. The molecule has 1 N–H and O–H groups in total. The van der Waals surface area contributed by atoms with Gasteiger partial charge >= 0.3 is 11.9 Å². The molecule has 1 saturated heterocycles. The smallest absolute Gasteiger partial charge is 0.325 e. The lowest BCUT2D eigenvalue weighted by Crippen LogP contribution is -2.51. The van der Waals surface area contributed by atoms with Crippen LogP contribution in [0.4, 0.5) is 0 Å². The van der Waals surface area contributed by atoms with Gasteiger partial charge in [-0.2, -0.15) is 4.31 Å². The first-order chi connectivity index (χ1) is 9.80. The van der Waals surface area contributed by atoms with E-state index >= 15 is 0 Å². The highest BCUT2D eigenvalue weighted by Crippen LogP contribution is 2.42. The van der Waals surface area contributed by atoms with E-state index in [0.29, 0.717) is 12.8 Å². The summed E-state index contributed by atoms with van der Waals surface area (Å²) in [6, 6.07) is -1.38. The molecule has 21 heavy (non-hydrogen) atoms. The van der Waals surface area contributed by atoms with Gasteiger partial charge in [0, 0.05) is 6.04 Å². The lowest BCUT2D eigenvalue weighted by molar-refractivity contribution is -0.142. The van der Waals surface area contributed by atoms with E-state index in [9.17, 15) is 23.1 Å². The Morgan fingerprint density at radius 2 is 1.90 bits per heavy atom. The molecule has 2 rings (SSSR count). The third-order valence-electron chi connectivity index (χ3n) is 4.59. The van der Waals surface area contributed by atoms with Gasteiger partial charge in [0.05, 0.1) is 7.11 Å². The van der Waals surface area contributed by atoms with Gasteiger partial charge in [-0.1, -0.05) is 12.8 Å². The van der Waals surface area contributed by atoms with Gasteiger partial charge < -0.3 is 9.84 Å². The molecule has 0 radical (unpaired) electrons. The van der Waals surface area contributed by atoms with Crippen LogP contribution in [-0.4, -0.2) is 54.2 Å². The first-order valence-electron chi connectivity index (χ1n) is 7.13. The van der Waals surface area contributed by atoms with Crippen molar-refractivity contribution in [3.05, 3.63) is 0 Å². The van der Waals surface area contributed by atoms with Gasteiger partial charge in [0.15, 0.2) is 5.25 Å². The number of nitrogens with zero attached hydrogens (tertiary/aromatic N) is 1. The Morgan fingerprint density at radius 3 is 2.48 bits per heavy atom. The highest BCUT2D eigenvalue weighted by Gasteiger charge is 2.53. The molecule has 0 aromatic carbocycles. The van der Waals surface area contributed by atoms with Gasteiger partial charge in [-0.3, -0.25) is 9.59 Å². The molecule has 0 spiro atoms. The maximum absolute atomic E-state index is 12.7. The van der Waals surface area contributed by atoms with Crippen LogP contribution in [0.2, 0.25) is 0 Å². The average molecular weight is 319 g/mol. The second-order valence-corrected chi connectivity index (χ2v) is 7.90. The Kier molecular flexibility index (Phi) is 4.57. The largest absolute Gasteiger partial charge is 0.480 e. The second-order valence-electron chi connectivity index (χ2n) is 5.74. The maximum atomic E-state index is 12.7. The standard InChI is InChI=1S/C13H21NO6S/c1-8(13(17)20-2)21(18,19)14-10-6-4-3-5-9(10)7-11(14)12(15)16/h8-11H,3-7H2,1-2H3,(H,15,16). The van der Waals surface area contributed by atoms with Crippen LogP contribution < -0.4 is 0 Å². The molecule has 4 atom stereocenters. The zero-order chi connectivity index (χ0) is 15.8. The summed E-state index contributed by atoms with van der Waals surface area (Å²) < 4.78 is 30.9. The minimum absolute atomic E-state index is 0.0690. The third kappa shape index (κ3) is 2.78. The summed E-state index contributed by atoms with van der Waals surface area (Å²) in [7, 11) is -2.92. The number of fused-ring (bicyclic) bond motifs is 1. The topological polar surface area (TPSA) is 101 Å². The lowest BCUT2D eigenvalue weighted by atomic mass is 9.85. The first-order valence-corrected chi connectivity index (χ1v) is 8.64. The molecular formula is C13H21NO6S. The van der Waals surface area contributed by atoms with Crippen LogP contribution in [0.5, 0.6) is 0 Å². The number of carboxylic acid groups (broad SMARTS) is 1. The molecule has 0 amide bonds. The van der Waals surface area contributed by atoms with E-state index in [1.165, 1.54) is 6.92 Å². The van der Waals surface area contributed by atoms with Crippen molar-refractivity contribution >= 4 is 22.0 Å². The quantitative estimate of drug-likeness (QED) is 0.761. The van der Waals surface area contributed by atoms with Crippen molar-refractivity contribution in [2.24, 2.45) is 5.92 Å². The van der Waals surface area contributed by atoms with Gasteiger partial charge in [-0.25, -0.2) is 8.42 Å². The van der Waals surface area contributed by atoms with Crippen LogP contribution >= 0.6 is 0 Å². The monoisotopic (exact) mass is 319 g/mol. The molecule has 1 saturated carbocycles. The molecule has 0 aromatic heterocycles. The molecule has 2 aliphatic rings. The number of sulfonamides is 1. The molecule has 7 nitrogen and oxygen atoms in total. The van der Waals surface area contributed by atoms with E-state index in [1.807, 2.05) is 0 Å². The van der Waals surface area contributed by atoms with Crippen LogP contribution in [0.3, 0.4) is 0 Å².